The van der Waals surface area contributed by atoms with Gasteiger partial charge < -0.3 is 14.7 Å². The maximum Gasteiger partial charge on any atom is 0.125 e. The minimum atomic E-state index is -1.13. The number of nitrogens with zero attached hydrogens (tertiary/aromatic N) is 1. The Morgan fingerprint density at radius 1 is 1.11 bits per heavy atom. The minimum Gasteiger partial charge on any atom is -0.496 e. The first kappa shape index (κ1) is 19.8. The smallest absolute Gasteiger partial charge is 0.125 e. The van der Waals surface area contributed by atoms with Gasteiger partial charge in [-0.1, -0.05) is 36.8 Å². The molecule has 0 aliphatic heterocycles. The molecule has 1 fully saturated rings. The Morgan fingerprint density at radius 3 is 2.48 bits per heavy atom. The van der Waals surface area contributed by atoms with Gasteiger partial charge in [0.1, 0.15) is 17.2 Å². The van der Waals surface area contributed by atoms with Gasteiger partial charge in [0.2, 0.25) is 0 Å². The Kier molecular flexibility index (Phi) is 6.18. The molecule has 0 spiro atoms. The fourth-order valence-electron chi connectivity index (χ4n) is 4.64. The molecule has 0 saturated heterocycles. The van der Waals surface area contributed by atoms with E-state index in [0.717, 1.165) is 32.2 Å². The highest BCUT2D eigenvalue weighted by atomic mass is 19.1. The maximum absolute atomic E-state index is 14.2. The van der Waals surface area contributed by atoms with Gasteiger partial charge in [-0.3, -0.25) is 0 Å². The molecule has 0 amide bonds. The van der Waals surface area contributed by atoms with Crippen LogP contribution in [0.2, 0.25) is 0 Å². The van der Waals surface area contributed by atoms with Gasteiger partial charge in [0.05, 0.1) is 7.11 Å². The van der Waals surface area contributed by atoms with Crippen molar-refractivity contribution in [1.29, 1.82) is 0 Å². The van der Waals surface area contributed by atoms with Gasteiger partial charge in [-0.05, 0) is 63.0 Å². The van der Waals surface area contributed by atoms with E-state index in [4.69, 9.17) is 4.74 Å². The summed E-state index contributed by atoms with van der Waals surface area (Å²) in [5.41, 5.74) is 0.644. The average Bonchev–Trinajstić information content (AvgIpc) is 2.65. The van der Waals surface area contributed by atoms with Crippen molar-refractivity contribution in [2.45, 2.75) is 31.3 Å². The van der Waals surface area contributed by atoms with Gasteiger partial charge >= 0.3 is 0 Å². The Balaban J connectivity index is 2.07. The summed E-state index contributed by atoms with van der Waals surface area (Å²) >= 11 is 0. The highest BCUT2D eigenvalue weighted by Crippen LogP contribution is 2.50. The summed E-state index contributed by atoms with van der Waals surface area (Å²) in [6.45, 7) is 0.751. The van der Waals surface area contributed by atoms with Crippen molar-refractivity contribution in [3.05, 3.63) is 65.5 Å². The average molecular weight is 371 g/mol. The Labute approximate surface area is 161 Å². The summed E-state index contributed by atoms with van der Waals surface area (Å²) in [7, 11) is 5.62. The summed E-state index contributed by atoms with van der Waals surface area (Å²) in [4.78, 5) is 2.10. The van der Waals surface area contributed by atoms with Crippen LogP contribution in [-0.4, -0.2) is 37.8 Å². The minimum absolute atomic E-state index is 0.00861. The monoisotopic (exact) mass is 371 g/mol. The zero-order chi connectivity index (χ0) is 19.4. The molecule has 4 heteroatoms. The zero-order valence-electron chi connectivity index (χ0n) is 16.5. The molecule has 0 aromatic heterocycles. The lowest BCUT2D eigenvalue weighted by atomic mass is 9.63. The number of methoxy groups -OCH3 is 1. The van der Waals surface area contributed by atoms with E-state index in [-0.39, 0.29) is 17.7 Å². The van der Waals surface area contributed by atoms with Crippen LogP contribution in [0, 0.1) is 17.7 Å². The number of halogens is 1. The van der Waals surface area contributed by atoms with Gasteiger partial charge in [0.15, 0.2) is 0 Å². The Hall–Kier alpha value is -1.91. The first-order chi connectivity index (χ1) is 12.9. The van der Waals surface area contributed by atoms with E-state index in [9.17, 15) is 9.50 Å². The molecule has 3 nitrogen and oxygen atoms in total. The molecule has 1 saturated carbocycles. The molecular weight excluding hydrogens is 341 g/mol. The third-order valence-corrected chi connectivity index (χ3v) is 5.85. The van der Waals surface area contributed by atoms with Crippen LogP contribution in [0.4, 0.5) is 4.39 Å². The van der Waals surface area contributed by atoms with Gasteiger partial charge in [-0.15, -0.1) is 0 Å². The molecule has 0 heterocycles. The second-order valence-electron chi connectivity index (χ2n) is 7.95. The molecule has 1 aliphatic rings. The highest BCUT2D eigenvalue weighted by Gasteiger charge is 2.49. The lowest BCUT2D eigenvalue weighted by Crippen LogP contribution is -2.49. The third-order valence-electron chi connectivity index (χ3n) is 5.85. The van der Waals surface area contributed by atoms with Crippen molar-refractivity contribution in [2.75, 3.05) is 27.7 Å². The predicted octanol–water partition coefficient (Wildman–Crippen LogP) is 4.24. The SMILES string of the molecule is COc1ccc(F)cc1C1(O)C(Cc2ccccc2)CCCC1CN(C)C. The first-order valence-corrected chi connectivity index (χ1v) is 9.70. The van der Waals surface area contributed by atoms with Gasteiger partial charge in [-0.2, -0.15) is 0 Å². The molecule has 2 aromatic rings. The van der Waals surface area contributed by atoms with Crippen molar-refractivity contribution < 1.29 is 14.2 Å². The fourth-order valence-corrected chi connectivity index (χ4v) is 4.64. The van der Waals surface area contributed by atoms with E-state index >= 15 is 0 Å². The Morgan fingerprint density at radius 2 is 1.81 bits per heavy atom. The molecule has 1 N–H and O–H groups in total. The van der Waals surface area contributed by atoms with E-state index in [0.29, 0.717) is 11.3 Å². The van der Waals surface area contributed by atoms with Crippen LogP contribution in [-0.2, 0) is 12.0 Å². The first-order valence-electron chi connectivity index (χ1n) is 9.70. The van der Waals surface area contributed by atoms with Gasteiger partial charge in [0.25, 0.3) is 0 Å². The lowest BCUT2D eigenvalue weighted by molar-refractivity contribution is -0.109. The normalized spacial score (nSPS) is 25.6. The maximum atomic E-state index is 14.2. The molecule has 0 bridgehead atoms. The molecule has 3 atom stereocenters. The van der Waals surface area contributed by atoms with Crippen molar-refractivity contribution in [1.82, 2.24) is 4.90 Å². The van der Waals surface area contributed by atoms with Crippen LogP contribution >= 0.6 is 0 Å². The van der Waals surface area contributed by atoms with Crippen molar-refractivity contribution in [3.8, 4) is 5.75 Å². The topological polar surface area (TPSA) is 32.7 Å². The molecule has 3 rings (SSSR count). The number of hydrogen-bond acceptors (Lipinski definition) is 3. The zero-order valence-corrected chi connectivity index (χ0v) is 16.5. The van der Waals surface area contributed by atoms with Gasteiger partial charge in [-0.25, -0.2) is 4.39 Å². The van der Waals surface area contributed by atoms with Crippen LogP contribution in [0.3, 0.4) is 0 Å². The van der Waals surface area contributed by atoms with E-state index < -0.39 is 5.60 Å². The van der Waals surface area contributed by atoms with E-state index in [1.165, 1.54) is 17.7 Å². The second-order valence-corrected chi connectivity index (χ2v) is 7.95. The van der Waals surface area contributed by atoms with Crippen LogP contribution in [0.15, 0.2) is 48.5 Å². The summed E-state index contributed by atoms with van der Waals surface area (Å²) in [6, 6.07) is 14.7. The fraction of sp³-hybridized carbons (Fsp3) is 0.478. The van der Waals surface area contributed by atoms with Crippen molar-refractivity contribution in [2.24, 2.45) is 11.8 Å². The standard InChI is InChI=1S/C23H30FNO2/c1-25(2)16-19-11-7-10-18(14-17-8-5-4-6-9-17)23(19,26)21-15-20(24)12-13-22(21)27-3/h4-6,8-9,12-13,15,18-19,26H,7,10-11,14,16H2,1-3H3. The van der Waals surface area contributed by atoms with Crippen LogP contribution in [0.5, 0.6) is 5.75 Å². The predicted molar refractivity (Wildman–Crippen MR) is 106 cm³/mol. The number of aliphatic hydroxyl groups is 1. The lowest BCUT2D eigenvalue weighted by Gasteiger charge is -2.48. The number of rotatable bonds is 6. The number of ether oxygens (including phenoxy) is 1. The third kappa shape index (κ3) is 4.17. The molecule has 27 heavy (non-hydrogen) atoms. The van der Waals surface area contributed by atoms with Crippen LogP contribution in [0.1, 0.15) is 30.4 Å². The van der Waals surface area contributed by atoms with Crippen LogP contribution in [0.25, 0.3) is 0 Å². The van der Waals surface area contributed by atoms with Crippen molar-refractivity contribution in [3.63, 3.8) is 0 Å². The summed E-state index contributed by atoms with van der Waals surface area (Å²) < 4.78 is 19.7. The molecule has 146 valence electrons. The molecule has 2 aromatic carbocycles. The molecule has 0 radical (unpaired) electrons. The van der Waals surface area contributed by atoms with E-state index in [2.05, 4.69) is 17.0 Å². The number of hydrogen-bond donors (Lipinski definition) is 1. The molecule has 1 aliphatic carbocycles. The quantitative estimate of drug-likeness (QED) is 0.824. The molecular formula is C23H30FNO2. The second kappa shape index (κ2) is 8.41. The summed E-state index contributed by atoms with van der Waals surface area (Å²) in [5, 5.41) is 12.1. The van der Waals surface area contributed by atoms with Gasteiger partial charge in [0, 0.05) is 18.0 Å². The summed E-state index contributed by atoms with van der Waals surface area (Å²) in [5.74, 6) is 0.245. The van der Waals surface area contributed by atoms with Crippen molar-refractivity contribution >= 4 is 0 Å². The van der Waals surface area contributed by atoms with Crippen LogP contribution < -0.4 is 4.74 Å². The summed E-state index contributed by atoms with van der Waals surface area (Å²) in [6.07, 6.45) is 3.66. The largest absolute Gasteiger partial charge is 0.496 e. The Bertz CT molecular complexity index is 749. The molecule has 3 unspecified atom stereocenters. The highest BCUT2D eigenvalue weighted by molar-refractivity contribution is 5.40. The number of benzene rings is 2. The van der Waals surface area contributed by atoms with E-state index in [1.54, 1.807) is 13.2 Å². The van der Waals surface area contributed by atoms with E-state index in [1.807, 2.05) is 32.3 Å².